The van der Waals surface area contributed by atoms with Crippen LogP contribution in [0, 0.1) is 13.8 Å². The van der Waals surface area contributed by atoms with E-state index in [1.54, 1.807) is 0 Å². The van der Waals surface area contributed by atoms with E-state index in [2.05, 4.69) is 26.0 Å². The lowest BCUT2D eigenvalue weighted by molar-refractivity contribution is -0.148. The Morgan fingerprint density at radius 2 is 1.89 bits per heavy atom. The molecule has 0 spiro atoms. The average molecular weight is 249 g/mol. The van der Waals surface area contributed by atoms with Crippen molar-refractivity contribution in [3.63, 3.8) is 0 Å². The van der Waals surface area contributed by atoms with Crippen LogP contribution in [0.2, 0.25) is 0 Å². The molecular weight excluding hydrogens is 226 g/mol. The maximum atomic E-state index is 12.0. The second-order valence-corrected chi connectivity index (χ2v) is 5.11. The van der Waals surface area contributed by atoms with Crippen LogP contribution in [0.3, 0.4) is 0 Å². The van der Waals surface area contributed by atoms with Crippen LogP contribution >= 0.6 is 0 Å². The number of nitrogens with zero attached hydrogens (tertiary/aromatic N) is 1. The molecule has 0 saturated heterocycles. The Kier molecular flexibility index (Phi) is 4.38. The number of benzene rings is 1. The van der Waals surface area contributed by atoms with Crippen molar-refractivity contribution in [2.24, 2.45) is 0 Å². The molecule has 0 amide bonds. The first-order chi connectivity index (χ1) is 8.30. The Labute approximate surface area is 110 Å². The number of hydrogen-bond donors (Lipinski definition) is 0. The Hall–Kier alpha value is -1.51. The molecule has 100 valence electrons. The van der Waals surface area contributed by atoms with Gasteiger partial charge in [0.1, 0.15) is 5.54 Å². The van der Waals surface area contributed by atoms with Gasteiger partial charge in [0.25, 0.3) is 0 Å². The molecule has 3 heteroatoms. The SMILES string of the molecule is CCOC(=O)C(C)(C)N(C)c1ccc(C)c(C)c1. The molecule has 0 aliphatic carbocycles. The first-order valence-corrected chi connectivity index (χ1v) is 6.29. The number of rotatable bonds is 4. The monoisotopic (exact) mass is 249 g/mol. The standard InChI is InChI=1S/C15H23NO2/c1-7-18-14(17)15(4,5)16(6)13-9-8-11(2)12(3)10-13/h8-10H,7H2,1-6H3. The molecule has 0 aromatic heterocycles. The summed E-state index contributed by atoms with van der Waals surface area (Å²) in [5.74, 6) is -0.203. The van der Waals surface area contributed by atoms with Crippen molar-refractivity contribution in [1.29, 1.82) is 0 Å². The summed E-state index contributed by atoms with van der Waals surface area (Å²) >= 11 is 0. The summed E-state index contributed by atoms with van der Waals surface area (Å²) in [5, 5.41) is 0. The van der Waals surface area contributed by atoms with Crippen molar-refractivity contribution in [3.8, 4) is 0 Å². The van der Waals surface area contributed by atoms with Gasteiger partial charge in [0.15, 0.2) is 0 Å². The van der Waals surface area contributed by atoms with E-state index in [0.717, 1.165) is 5.69 Å². The van der Waals surface area contributed by atoms with E-state index in [9.17, 15) is 4.79 Å². The minimum Gasteiger partial charge on any atom is -0.464 e. The predicted molar refractivity (Wildman–Crippen MR) is 75.0 cm³/mol. The van der Waals surface area contributed by atoms with Crippen molar-refractivity contribution in [1.82, 2.24) is 0 Å². The maximum absolute atomic E-state index is 12.0. The summed E-state index contributed by atoms with van der Waals surface area (Å²) in [4.78, 5) is 13.9. The van der Waals surface area contributed by atoms with Gasteiger partial charge in [-0.15, -0.1) is 0 Å². The molecule has 0 heterocycles. The average Bonchev–Trinajstić information content (AvgIpc) is 2.32. The fourth-order valence-electron chi connectivity index (χ4n) is 1.70. The van der Waals surface area contributed by atoms with E-state index in [1.165, 1.54) is 11.1 Å². The van der Waals surface area contributed by atoms with E-state index in [1.807, 2.05) is 38.8 Å². The third-order valence-corrected chi connectivity index (χ3v) is 3.49. The van der Waals surface area contributed by atoms with Gasteiger partial charge in [0.05, 0.1) is 6.61 Å². The second kappa shape index (κ2) is 5.42. The van der Waals surface area contributed by atoms with Gasteiger partial charge >= 0.3 is 5.97 Å². The molecule has 1 aromatic carbocycles. The van der Waals surface area contributed by atoms with Gasteiger partial charge in [-0.05, 0) is 57.9 Å². The molecule has 0 aliphatic rings. The molecule has 0 bridgehead atoms. The maximum Gasteiger partial charge on any atom is 0.331 e. The van der Waals surface area contributed by atoms with Crippen molar-refractivity contribution in [2.75, 3.05) is 18.6 Å². The Balaban J connectivity index is 3.01. The minimum atomic E-state index is -0.669. The van der Waals surface area contributed by atoms with Gasteiger partial charge in [-0.1, -0.05) is 6.07 Å². The second-order valence-electron chi connectivity index (χ2n) is 5.11. The number of ether oxygens (including phenoxy) is 1. The van der Waals surface area contributed by atoms with Crippen LogP contribution < -0.4 is 4.90 Å². The summed E-state index contributed by atoms with van der Waals surface area (Å²) in [6.45, 7) is 10.1. The zero-order valence-corrected chi connectivity index (χ0v) is 12.2. The summed E-state index contributed by atoms with van der Waals surface area (Å²) < 4.78 is 5.12. The first kappa shape index (κ1) is 14.6. The Morgan fingerprint density at radius 1 is 1.28 bits per heavy atom. The molecular formula is C15H23NO2. The zero-order valence-electron chi connectivity index (χ0n) is 12.2. The van der Waals surface area contributed by atoms with E-state index >= 15 is 0 Å². The Morgan fingerprint density at radius 3 is 2.39 bits per heavy atom. The summed E-state index contributed by atoms with van der Waals surface area (Å²) in [6, 6.07) is 6.20. The van der Waals surface area contributed by atoms with E-state index < -0.39 is 5.54 Å². The van der Waals surface area contributed by atoms with Gasteiger partial charge in [-0.25, -0.2) is 4.79 Å². The van der Waals surface area contributed by atoms with Crippen LogP contribution in [0.5, 0.6) is 0 Å². The smallest absolute Gasteiger partial charge is 0.331 e. The number of esters is 1. The summed E-state index contributed by atoms with van der Waals surface area (Å²) in [5.41, 5.74) is 2.83. The zero-order chi connectivity index (χ0) is 13.9. The molecule has 0 saturated carbocycles. The highest BCUT2D eigenvalue weighted by atomic mass is 16.5. The highest BCUT2D eigenvalue weighted by Gasteiger charge is 2.34. The fraction of sp³-hybridized carbons (Fsp3) is 0.533. The highest BCUT2D eigenvalue weighted by molar-refractivity contribution is 5.84. The number of likely N-dealkylation sites (N-methyl/N-ethyl adjacent to an activating group) is 1. The summed E-state index contributed by atoms with van der Waals surface area (Å²) in [6.07, 6.45) is 0. The quantitative estimate of drug-likeness (QED) is 0.768. The van der Waals surface area contributed by atoms with Crippen LogP contribution in [-0.2, 0) is 9.53 Å². The molecule has 1 aromatic rings. The van der Waals surface area contributed by atoms with Gasteiger partial charge < -0.3 is 9.64 Å². The van der Waals surface area contributed by atoms with E-state index in [4.69, 9.17) is 4.74 Å². The van der Waals surface area contributed by atoms with Crippen LogP contribution in [0.25, 0.3) is 0 Å². The van der Waals surface area contributed by atoms with Gasteiger partial charge in [-0.2, -0.15) is 0 Å². The van der Waals surface area contributed by atoms with E-state index in [0.29, 0.717) is 6.61 Å². The lowest BCUT2D eigenvalue weighted by atomic mass is 10.0. The molecule has 3 nitrogen and oxygen atoms in total. The van der Waals surface area contributed by atoms with Crippen molar-refractivity contribution < 1.29 is 9.53 Å². The molecule has 0 N–H and O–H groups in total. The highest BCUT2D eigenvalue weighted by Crippen LogP contribution is 2.25. The first-order valence-electron chi connectivity index (χ1n) is 6.29. The number of hydrogen-bond acceptors (Lipinski definition) is 3. The van der Waals surface area contributed by atoms with Crippen molar-refractivity contribution in [3.05, 3.63) is 29.3 Å². The number of anilines is 1. The van der Waals surface area contributed by atoms with Gasteiger partial charge in [-0.3, -0.25) is 0 Å². The molecule has 18 heavy (non-hydrogen) atoms. The lowest BCUT2D eigenvalue weighted by Crippen LogP contribution is -2.49. The molecule has 0 aliphatic heterocycles. The van der Waals surface area contributed by atoms with Gasteiger partial charge in [0.2, 0.25) is 0 Å². The van der Waals surface area contributed by atoms with Gasteiger partial charge in [0, 0.05) is 12.7 Å². The van der Waals surface area contributed by atoms with Crippen molar-refractivity contribution >= 4 is 11.7 Å². The van der Waals surface area contributed by atoms with Crippen LogP contribution in [-0.4, -0.2) is 25.2 Å². The fourth-order valence-corrected chi connectivity index (χ4v) is 1.70. The third kappa shape index (κ3) is 2.84. The topological polar surface area (TPSA) is 29.5 Å². The number of carbonyl (C=O) groups is 1. The largest absolute Gasteiger partial charge is 0.464 e. The molecule has 0 fully saturated rings. The minimum absolute atomic E-state index is 0.203. The van der Waals surface area contributed by atoms with Crippen LogP contribution in [0.4, 0.5) is 5.69 Å². The van der Waals surface area contributed by atoms with Crippen LogP contribution in [0.15, 0.2) is 18.2 Å². The molecule has 1 rings (SSSR count). The van der Waals surface area contributed by atoms with Crippen LogP contribution in [0.1, 0.15) is 31.9 Å². The van der Waals surface area contributed by atoms with E-state index in [-0.39, 0.29) is 5.97 Å². The number of aryl methyl sites for hydroxylation is 2. The molecule has 0 unspecified atom stereocenters. The molecule has 0 radical (unpaired) electrons. The van der Waals surface area contributed by atoms with Crippen molar-refractivity contribution in [2.45, 2.75) is 40.2 Å². The third-order valence-electron chi connectivity index (χ3n) is 3.49. The molecule has 0 atom stereocenters. The Bertz CT molecular complexity index is 438. The lowest BCUT2D eigenvalue weighted by Gasteiger charge is -2.35. The normalized spacial score (nSPS) is 11.2. The number of carbonyl (C=O) groups excluding carboxylic acids is 1. The predicted octanol–water partition coefficient (Wildman–Crippen LogP) is 3.08. The summed E-state index contributed by atoms with van der Waals surface area (Å²) in [7, 11) is 1.92.